The topological polar surface area (TPSA) is 38.8 Å². The van der Waals surface area contributed by atoms with Crippen molar-refractivity contribution in [2.24, 2.45) is 0 Å². The quantitative estimate of drug-likeness (QED) is 0.874. The van der Waals surface area contributed by atoms with Crippen LogP contribution in [-0.2, 0) is 4.74 Å². The van der Waals surface area contributed by atoms with Crippen LogP contribution in [0, 0.1) is 0 Å². The van der Waals surface area contributed by atoms with E-state index in [-0.39, 0.29) is 12.0 Å². The molecule has 0 aromatic heterocycles. The first-order chi connectivity index (χ1) is 10.8. The van der Waals surface area contributed by atoms with Gasteiger partial charge in [-0.05, 0) is 23.8 Å². The molecule has 0 aliphatic carbocycles. The number of carbonyl (C=O) groups is 1. The van der Waals surface area contributed by atoms with Gasteiger partial charge in [-0.25, -0.2) is 0 Å². The summed E-state index contributed by atoms with van der Waals surface area (Å²) in [7, 11) is 1.60. The van der Waals surface area contributed by atoms with Gasteiger partial charge in [0.05, 0.1) is 20.3 Å². The van der Waals surface area contributed by atoms with E-state index in [1.165, 1.54) is 0 Å². The number of benzene rings is 2. The van der Waals surface area contributed by atoms with Gasteiger partial charge in [0.15, 0.2) is 0 Å². The molecule has 1 saturated heterocycles. The van der Waals surface area contributed by atoms with Crippen molar-refractivity contribution in [3.8, 4) is 5.75 Å². The molecule has 2 aromatic rings. The largest absolute Gasteiger partial charge is 0.497 e. The molecule has 1 fully saturated rings. The lowest BCUT2D eigenvalue weighted by Gasteiger charge is -2.33. The maximum Gasteiger partial charge on any atom is 0.254 e. The molecule has 22 heavy (non-hydrogen) atoms. The third-order valence-electron chi connectivity index (χ3n) is 3.84. The predicted molar refractivity (Wildman–Crippen MR) is 84.0 cm³/mol. The summed E-state index contributed by atoms with van der Waals surface area (Å²) in [6, 6.07) is 17.3. The second-order valence-electron chi connectivity index (χ2n) is 5.25. The van der Waals surface area contributed by atoms with Crippen molar-refractivity contribution in [1.29, 1.82) is 0 Å². The van der Waals surface area contributed by atoms with Crippen molar-refractivity contribution in [2.45, 2.75) is 6.10 Å². The number of hydrogen-bond donors (Lipinski definition) is 0. The highest BCUT2D eigenvalue weighted by molar-refractivity contribution is 5.94. The molecule has 1 amide bonds. The van der Waals surface area contributed by atoms with Gasteiger partial charge >= 0.3 is 0 Å². The number of nitrogens with zero attached hydrogens (tertiary/aromatic N) is 1. The van der Waals surface area contributed by atoms with Crippen LogP contribution in [0.5, 0.6) is 5.75 Å². The Labute approximate surface area is 130 Å². The monoisotopic (exact) mass is 297 g/mol. The van der Waals surface area contributed by atoms with Crippen molar-refractivity contribution < 1.29 is 14.3 Å². The van der Waals surface area contributed by atoms with Gasteiger partial charge in [-0.3, -0.25) is 4.79 Å². The Kier molecular flexibility index (Phi) is 4.39. The SMILES string of the molecule is COc1cccc(C(=O)N2CCO[C@@H](c3ccccc3)C2)c1. The number of methoxy groups -OCH3 is 1. The fourth-order valence-electron chi connectivity index (χ4n) is 2.64. The van der Waals surface area contributed by atoms with Crippen LogP contribution in [0.25, 0.3) is 0 Å². The summed E-state index contributed by atoms with van der Waals surface area (Å²) in [6.45, 7) is 1.73. The van der Waals surface area contributed by atoms with Crippen LogP contribution in [0.2, 0.25) is 0 Å². The first-order valence-corrected chi connectivity index (χ1v) is 7.38. The van der Waals surface area contributed by atoms with Crippen LogP contribution in [0.1, 0.15) is 22.0 Å². The van der Waals surface area contributed by atoms with E-state index in [1.807, 2.05) is 53.4 Å². The van der Waals surface area contributed by atoms with Gasteiger partial charge in [0, 0.05) is 12.1 Å². The zero-order chi connectivity index (χ0) is 15.4. The van der Waals surface area contributed by atoms with Gasteiger partial charge in [-0.15, -0.1) is 0 Å². The summed E-state index contributed by atoms with van der Waals surface area (Å²) in [5.74, 6) is 0.710. The first kappa shape index (κ1) is 14.6. The fourth-order valence-corrected chi connectivity index (χ4v) is 2.64. The minimum absolute atomic E-state index is 0.0168. The molecule has 4 heteroatoms. The maximum atomic E-state index is 12.7. The highest BCUT2D eigenvalue weighted by atomic mass is 16.5. The molecule has 1 aliphatic rings. The van der Waals surface area contributed by atoms with Crippen LogP contribution < -0.4 is 4.74 Å². The van der Waals surface area contributed by atoms with Crippen LogP contribution in [0.3, 0.4) is 0 Å². The van der Waals surface area contributed by atoms with Gasteiger partial charge in [0.25, 0.3) is 5.91 Å². The van der Waals surface area contributed by atoms with E-state index in [0.717, 1.165) is 5.56 Å². The minimum atomic E-state index is -0.0653. The van der Waals surface area contributed by atoms with E-state index >= 15 is 0 Å². The van der Waals surface area contributed by atoms with Crippen molar-refractivity contribution in [2.75, 3.05) is 26.8 Å². The average Bonchev–Trinajstić information content (AvgIpc) is 2.62. The zero-order valence-electron chi connectivity index (χ0n) is 12.6. The third-order valence-corrected chi connectivity index (χ3v) is 3.84. The Morgan fingerprint density at radius 1 is 1.18 bits per heavy atom. The number of hydrogen-bond acceptors (Lipinski definition) is 3. The maximum absolute atomic E-state index is 12.7. The Balaban J connectivity index is 1.75. The molecular weight excluding hydrogens is 278 g/mol. The van der Waals surface area contributed by atoms with Crippen molar-refractivity contribution in [1.82, 2.24) is 4.90 Å². The number of carbonyl (C=O) groups excluding carboxylic acids is 1. The first-order valence-electron chi connectivity index (χ1n) is 7.38. The Morgan fingerprint density at radius 2 is 2.00 bits per heavy atom. The summed E-state index contributed by atoms with van der Waals surface area (Å²) >= 11 is 0. The van der Waals surface area contributed by atoms with E-state index in [1.54, 1.807) is 13.2 Å². The smallest absolute Gasteiger partial charge is 0.254 e. The lowest BCUT2D eigenvalue weighted by molar-refractivity contribution is -0.0228. The number of morpholine rings is 1. The summed E-state index contributed by atoms with van der Waals surface area (Å²) in [4.78, 5) is 14.5. The summed E-state index contributed by atoms with van der Waals surface area (Å²) < 4.78 is 11.0. The number of amides is 1. The molecule has 0 unspecified atom stereocenters. The van der Waals surface area contributed by atoms with Gasteiger partial charge in [-0.2, -0.15) is 0 Å². The average molecular weight is 297 g/mol. The van der Waals surface area contributed by atoms with E-state index in [0.29, 0.717) is 31.0 Å². The van der Waals surface area contributed by atoms with E-state index < -0.39 is 0 Å². The van der Waals surface area contributed by atoms with E-state index in [2.05, 4.69) is 0 Å². The molecule has 0 bridgehead atoms. The highest BCUT2D eigenvalue weighted by Gasteiger charge is 2.26. The van der Waals surface area contributed by atoms with Gasteiger partial charge in [-0.1, -0.05) is 36.4 Å². The number of ether oxygens (including phenoxy) is 2. The predicted octanol–water partition coefficient (Wildman–Crippen LogP) is 2.91. The second kappa shape index (κ2) is 6.62. The summed E-state index contributed by atoms with van der Waals surface area (Å²) in [5, 5.41) is 0. The molecule has 1 atom stereocenters. The van der Waals surface area contributed by atoms with Crippen LogP contribution in [-0.4, -0.2) is 37.6 Å². The molecule has 1 aliphatic heterocycles. The zero-order valence-corrected chi connectivity index (χ0v) is 12.6. The minimum Gasteiger partial charge on any atom is -0.497 e. The molecular formula is C18H19NO3. The Bertz CT molecular complexity index is 642. The summed E-state index contributed by atoms with van der Waals surface area (Å²) in [6.07, 6.45) is -0.0653. The number of rotatable bonds is 3. The molecule has 3 rings (SSSR count). The van der Waals surface area contributed by atoms with Crippen LogP contribution >= 0.6 is 0 Å². The lowest BCUT2D eigenvalue weighted by Crippen LogP contribution is -2.42. The molecule has 0 saturated carbocycles. The van der Waals surface area contributed by atoms with E-state index in [4.69, 9.17) is 9.47 Å². The van der Waals surface area contributed by atoms with Crippen LogP contribution in [0.4, 0.5) is 0 Å². The summed E-state index contributed by atoms with van der Waals surface area (Å²) in [5.41, 5.74) is 1.75. The highest BCUT2D eigenvalue weighted by Crippen LogP contribution is 2.23. The normalized spacial score (nSPS) is 18.0. The van der Waals surface area contributed by atoms with Crippen molar-refractivity contribution >= 4 is 5.91 Å². The molecule has 0 spiro atoms. The standard InChI is InChI=1S/C18H19NO3/c1-21-16-9-5-8-15(12-16)18(20)19-10-11-22-17(13-19)14-6-3-2-4-7-14/h2-9,12,17H,10-11,13H2,1H3/t17-/m1/s1. The molecule has 2 aromatic carbocycles. The van der Waals surface area contributed by atoms with Crippen molar-refractivity contribution in [3.63, 3.8) is 0 Å². The molecule has 4 nitrogen and oxygen atoms in total. The Morgan fingerprint density at radius 3 is 2.77 bits per heavy atom. The van der Waals surface area contributed by atoms with Gasteiger partial charge < -0.3 is 14.4 Å². The second-order valence-corrected chi connectivity index (χ2v) is 5.25. The van der Waals surface area contributed by atoms with Gasteiger partial charge in [0.2, 0.25) is 0 Å². The molecule has 114 valence electrons. The third kappa shape index (κ3) is 3.12. The molecule has 1 heterocycles. The van der Waals surface area contributed by atoms with E-state index in [9.17, 15) is 4.79 Å². The van der Waals surface area contributed by atoms with Crippen molar-refractivity contribution in [3.05, 3.63) is 65.7 Å². The Hall–Kier alpha value is -2.33. The fraction of sp³-hybridized carbons (Fsp3) is 0.278. The molecule has 0 N–H and O–H groups in total. The van der Waals surface area contributed by atoms with Crippen LogP contribution in [0.15, 0.2) is 54.6 Å². The van der Waals surface area contributed by atoms with Gasteiger partial charge in [0.1, 0.15) is 11.9 Å². The molecule has 0 radical (unpaired) electrons. The lowest BCUT2D eigenvalue weighted by atomic mass is 10.1.